The van der Waals surface area contributed by atoms with E-state index in [1.165, 1.54) is 0 Å². The minimum absolute atomic E-state index is 0.0844. The Hall–Kier alpha value is -2.44. The van der Waals surface area contributed by atoms with Gasteiger partial charge in [-0.05, 0) is 51.5 Å². The summed E-state index contributed by atoms with van der Waals surface area (Å²) >= 11 is 0. The molecular formula is C17H26N4O3. The largest absolute Gasteiger partial charge is 0.444 e. The van der Waals surface area contributed by atoms with Crippen molar-refractivity contribution in [2.45, 2.75) is 38.8 Å². The molecule has 1 heterocycles. The molecule has 2 rings (SSSR count). The smallest absolute Gasteiger partial charge is 0.410 e. The summed E-state index contributed by atoms with van der Waals surface area (Å²) in [6, 6.07) is 7.68. The van der Waals surface area contributed by atoms with Crippen molar-refractivity contribution in [2.24, 2.45) is 10.9 Å². The maximum atomic E-state index is 12.2. The summed E-state index contributed by atoms with van der Waals surface area (Å²) in [6.45, 7) is 6.92. The summed E-state index contributed by atoms with van der Waals surface area (Å²) in [6.07, 6.45) is 0.623. The van der Waals surface area contributed by atoms with Crippen LogP contribution in [-0.4, -0.2) is 53.8 Å². The fourth-order valence-corrected chi connectivity index (χ4v) is 2.69. The number of carbonyl (C=O) groups excluding carboxylic acids is 1. The monoisotopic (exact) mass is 334 g/mol. The molecule has 0 aliphatic carbocycles. The van der Waals surface area contributed by atoms with E-state index in [-0.39, 0.29) is 18.0 Å². The number of likely N-dealkylation sites (tertiary alicyclic amines) is 1. The molecule has 0 radical (unpaired) electrons. The molecule has 1 saturated heterocycles. The zero-order valence-electron chi connectivity index (χ0n) is 14.7. The van der Waals surface area contributed by atoms with Crippen LogP contribution in [0.3, 0.4) is 0 Å². The highest BCUT2D eigenvalue weighted by atomic mass is 16.6. The van der Waals surface area contributed by atoms with Crippen molar-refractivity contribution in [1.82, 2.24) is 4.90 Å². The summed E-state index contributed by atoms with van der Waals surface area (Å²) in [4.78, 5) is 16.0. The molecule has 24 heavy (non-hydrogen) atoms. The molecule has 0 unspecified atom stereocenters. The second kappa shape index (κ2) is 6.98. The average Bonchev–Trinajstić information content (AvgIpc) is 3.02. The summed E-state index contributed by atoms with van der Waals surface area (Å²) in [5.74, 6) is 0.0844. The number of carbonyl (C=O) groups is 1. The highest BCUT2D eigenvalue weighted by Crippen LogP contribution is 2.23. The molecule has 1 aliphatic heterocycles. The van der Waals surface area contributed by atoms with Crippen molar-refractivity contribution in [3.63, 3.8) is 0 Å². The summed E-state index contributed by atoms with van der Waals surface area (Å²) in [5.41, 5.74) is 6.77. The van der Waals surface area contributed by atoms with Gasteiger partial charge in [0.1, 0.15) is 5.60 Å². The minimum Gasteiger partial charge on any atom is -0.444 e. The lowest BCUT2D eigenvalue weighted by molar-refractivity contribution is 0.0292. The maximum Gasteiger partial charge on any atom is 0.410 e. The standard InChI is InChI=1S/C17H26N4O3/c1-17(2,3)24-16(22)21-10-9-14(11-21)20(4)13-7-5-12(6-8-13)15(18)19-23/h5-8,14,23H,9-11H2,1-4H3,(H2,18,19)/t14-/m0/s1. The summed E-state index contributed by atoms with van der Waals surface area (Å²) in [5, 5.41) is 11.7. The number of amidine groups is 1. The predicted octanol–water partition coefficient (Wildman–Crippen LogP) is 2.23. The highest BCUT2D eigenvalue weighted by molar-refractivity contribution is 5.97. The number of ether oxygens (including phenoxy) is 1. The van der Waals surface area contributed by atoms with Gasteiger partial charge in [0.25, 0.3) is 0 Å². The van der Waals surface area contributed by atoms with Crippen LogP contribution in [0.1, 0.15) is 32.8 Å². The quantitative estimate of drug-likeness (QED) is 0.383. The van der Waals surface area contributed by atoms with Gasteiger partial charge in [-0.1, -0.05) is 5.16 Å². The second-order valence-corrected chi connectivity index (χ2v) is 7.01. The van der Waals surface area contributed by atoms with Gasteiger partial charge < -0.3 is 25.5 Å². The molecule has 3 N–H and O–H groups in total. The zero-order chi connectivity index (χ0) is 17.9. The normalized spacial score (nSPS) is 18.6. The van der Waals surface area contributed by atoms with Crippen molar-refractivity contribution in [3.8, 4) is 0 Å². The van der Waals surface area contributed by atoms with Crippen LogP contribution in [0.2, 0.25) is 0 Å². The molecule has 7 heteroatoms. The number of benzene rings is 1. The van der Waals surface area contributed by atoms with Gasteiger partial charge in [-0.15, -0.1) is 0 Å². The van der Waals surface area contributed by atoms with Crippen LogP contribution in [0, 0.1) is 0 Å². The Labute approximate surface area is 142 Å². The van der Waals surface area contributed by atoms with E-state index in [1.807, 2.05) is 52.1 Å². The number of nitrogens with zero attached hydrogens (tertiary/aromatic N) is 3. The van der Waals surface area contributed by atoms with Gasteiger partial charge in [-0.3, -0.25) is 0 Å². The third-order valence-electron chi connectivity index (χ3n) is 4.04. The molecule has 1 aromatic rings. The Bertz CT molecular complexity index is 607. The van der Waals surface area contributed by atoms with Crippen molar-refractivity contribution >= 4 is 17.6 Å². The average molecular weight is 334 g/mol. The number of hydrogen-bond acceptors (Lipinski definition) is 5. The van der Waals surface area contributed by atoms with Crippen molar-refractivity contribution < 1.29 is 14.7 Å². The van der Waals surface area contributed by atoms with Gasteiger partial charge in [0, 0.05) is 37.4 Å². The molecule has 1 fully saturated rings. The summed E-state index contributed by atoms with van der Waals surface area (Å²) in [7, 11) is 2.00. The van der Waals surface area contributed by atoms with Gasteiger partial charge in [-0.25, -0.2) is 4.79 Å². The molecule has 1 amide bonds. The van der Waals surface area contributed by atoms with Crippen LogP contribution in [0.25, 0.3) is 0 Å². The number of likely N-dealkylation sites (N-methyl/N-ethyl adjacent to an activating group) is 1. The van der Waals surface area contributed by atoms with Crippen LogP contribution in [0.15, 0.2) is 29.4 Å². The molecule has 0 aromatic heterocycles. The van der Waals surface area contributed by atoms with Gasteiger partial charge in [-0.2, -0.15) is 0 Å². The Balaban J connectivity index is 1.99. The molecule has 7 nitrogen and oxygen atoms in total. The molecular weight excluding hydrogens is 308 g/mol. The van der Waals surface area contributed by atoms with E-state index in [9.17, 15) is 4.79 Å². The van der Waals surface area contributed by atoms with Crippen molar-refractivity contribution in [1.29, 1.82) is 0 Å². The fourth-order valence-electron chi connectivity index (χ4n) is 2.69. The van der Waals surface area contributed by atoms with E-state index in [4.69, 9.17) is 15.7 Å². The van der Waals surface area contributed by atoms with Gasteiger partial charge in [0.15, 0.2) is 5.84 Å². The Morgan fingerprint density at radius 3 is 2.54 bits per heavy atom. The third kappa shape index (κ3) is 4.31. The first kappa shape index (κ1) is 17.9. The van der Waals surface area contributed by atoms with Crippen LogP contribution in [-0.2, 0) is 4.74 Å². The first-order valence-corrected chi connectivity index (χ1v) is 8.00. The number of oxime groups is 1. The van der Waals surface area contributed by atoms with E-state index in [0.717, 1.165) is 12.1 Å². The first-order chi connectivity index (χ1) is 11.2. The van der Waals surface area contributed by atoms with E-state index >= 15 is 0 Å². The Morgan fingerprint density at radius 2 is 2.00 bits per heavy atom. The third-order valence-corrected chi connectivity index (χ3v) is 4.04. The zero-order valence-corrected chi connectivity index (χ0v) is 14.7. The lowest BCUT2D eigenvalue weighted by Crippen LogP contribution is -2.39. The van der Waals surface area contributed by atoms with E-state index < -0.39 is 5.60 Å². The number of amides is 1. The molecule has 1 aliphatic rings. The van der Waals surface area contributed by atoms with E-state index in [0.29, 0.717) is 18.7 Å². The molecule has 1 aromatic carbocycles. The molecule has 132 valence electrons. The van der Waals surface area contributed by atoms with Gasteiger partial charge in [0.2, 0.25) is 0 Å². The van der Waals surface area contributed by atoms with Crippen LogP contribution in [0.5, 0.6) is 0 Å². The topological polar surface area (TPSA) is 91.4 Å². The molecule has 1 atom stereocenters. The Morgan fingerprint density at radius 1 is 1.38 bits per heavy atom. The molecule has 0 saturated carbocycles. The SMILES string of the molecule is CN(c1ccc(C(N)=NO)cc1)[C@H]1CCN(C(=O)OC(C)(C)C)C1. The number of rotatable bonds is 3. The van der Waals surface area contributed by atoms with Crippen LogP contribution < -0.4 is 10.6 Å². The number of hydrogen-bond donors (Lipinski definition) is 2. The predicted molar refractivity (Wildman–Crippen MR) is 93.6 cm³/mol. The van der Waals surface area contributed by atoms with Gasteiger partial charge >= 0.3 is 6.09 Å². The number of anilines is 1. The van der Waals surface area contributed by atoms with Crippen molar-refractivity contribution in [2.75, 3.05) is 25.0 Å². The van der Waals surface area contributed by atoms with Gasteiger partial charge in [0.05, 0.1) is 0 Å². The fraction of sp³-hybridized carbons (Fsp3) is 0.529. The minimum atomic E-state index is -0.481. The van der Waals surface area contributed by atoms with Crippen LogP contribution in [0.4, 0.5) is 10.5 Å². The lowest BCUT2D eigenvalue weighted by atomic mass is 10.1. The maximum absolute atomic E-state index is 12.2. The second-order valence-electron chi connectivity index (χ2n) is 7.01. The summed E-state index contributed by atoms with van der Waals surface area (Å²) < 4.78 is 5.43. The van der Waals surface area contributed by atoms with Crippen LogP contribution >= 0.6 is 0 Å². The number of nitrogens with two attached hydrogens (primary N) is 1. The first-order valence-electron chi connectivity index (χ1n) is 8.00. The van der Waals surface area contributed by atoms with E-state index in [1.54, 1.807) is 4.90 Å². The molecule has 0 bridgehead atoms. The Kier molecular flexibility index (Phi) is 5.21. The van der Waals surface area contributed by atoms with E-state index in [2.05, 4.69) is 10.1 Å². The highest BCUT2D eigenvalue weighted by Gasteiger charge is 2.31. The molecule has 0 spiro atoms. The lowest BCUT2D eigenvalue weighted by Gasteiger charge is -2.28. The van der Waals surface area contributed by atoms with Crippen molar-refractivity contribution in [3.05, 3.63) is 29.8 Å².